The fourth-order valence-electron chi connectivity index (χ4n) is 4.39. The molecule has 7 heteroatoms. The van der Waals surface area contributed by atoms with Crippen LogP contribution in [0.3, 0.4) is 0 Å². The van der Waals surface area contributed by atoms with Gasteiger partial charge < -0.3 is 20.1 Å². The van der Waals surface area contributed by atoms with E-state index in [4.69, 9.17) is 9.47 Å². The number of hydrogen-bond acceptors (Lipinski definition) is 3. The normalized spacial score (nSPS) is 20.3. The molecular weight excluding hydrogens is 484 g/mol. The maximum Gasteiger partial charge on any atom is 0.191 e. The number of nitrogens with one attached hydrogen (secondary N) is 2. The monoisotopic (exact) mass is 519 g/mol. The van der Waals surface area contributed by atoms with Crippen LogP contribution in [0.4, 0.5) is 4.39 Å². The highest BCUT2D eigenvalue weighted by molar-refractivity contribution is 14.0. The number of guanidine groups is 1. The van der Waals surface area contributed by atoms with Crippen molar-refractivity contribution in [2.45, 2.75) is 43.9 Å². The first kappa shape index (κ1) is 24.3. The topological polar surface area (TPSA) is 54.9 Å². The molecule has 29 heavy (non-hydrogen) atoms. The molecule has 0 bridgehead atoms. The molecule has 0 spiro atoms. The van der Waals surface area contributed by atoms with Gasteiger partial charge in [-0.3, -0.25) is 4.99 Å². The van der Waals surface area contributed by atoms with Gasteiger partial charge in [-0.1, -0.05) is 18.6 Å². The molecule has 0 atom stereocenters. The smallest absolute Gasteiger partial charge is 0.191 e. The lowest BCUT2D eigenvalue weighted by atomic mass is 9.67. The van der Waals surface area contributed by atoms with Crippen molar-refractivity contribution < 1.29 is 13.9 Å². The van der Waals surface area contributed by atoms with Crippen LogP contribution in [0.5, 0.6) is 0 Å². The van der Waals surface area contributed by atoms with E-state index >= 15 is 0 Å². The quantitative estimate of drug-likeness (QED) is 0.311. The summed E-state index contributed by atoms with van der Waals surface area (Å²) in [7, 11) is 3.58. The Morgan fingerprint density at radius 1 is 1.10 bits per heavy atom. The molecular formula is C22H35FIN3O2. The zero-order valence-corrected chi connectivity index (χ0v) is 20.0. The third kappa shape index (κ3) is 6.28. The molecule has 1 aromatic carbocycles. The summed E-state index contributed by atoms with van der Waals surface area (Å²) >= 11 is 0. The number of rotatable bonds is 8. The lowest BCUT2D eigenvalue weighted by molar-refractivity contribution is 0.0512. The van der Waals surface area contributed by atoms with Crippen LogP contribution in [0.1, 0.15) is 44.1 Å². The first-order valence-corrected chi connectivity index (χ1v) is 10.4. The maximum atomic E-state index is 13.4. The first-order valence-electron chi connectivity index (χ1n) is 10.4. The molecule has 0 unspecified atom stereocenters. The summed E-state index contributed by atoms with van der Waals surface area (Å²) in [6.45, 7) is 3.94. The Morgan fingerprint density at radius 2 is 1.76 bits per heavy atom. The summed E-state index contributed by atoms with van der Waals surface area (Å²) in [5.41, 5.74) is 1.44. The minimum Gasteiger partial charge on any atom is -0.385 e. The predicted molar refractivity (Wildman–Crippen MR) is 126 cm³/mol. The third-order valence-electron chi connectivity index (χ3n) is 6.61. The zero-order chi connectivity index (χ0) is 19.9. The number of hydrogen-bond donors (Lipinski definition) is 2. The minimum absolute atomic E-state index is 0. The molecule has 1 saturated carbocycles. The van der Waals surface area contributed by atoms with Crippen LogP contribution >= 0.6 is 24.0 Å². The largest absolute Gasteiger partial charge is 0.385 e. The Kier molecular flexibility index (Phi) is 9.62. The first-order chi connectivity index (χ1) is 13.6. The Balaban J connectivity index is 0.00000300. The number of halogens is 2. The van der Waals surface area contributed by atoms with Gasteiger partial charge in [-0.25, -0.2) is 4.39 Å². The lowest BCUT2D eigenvalue weighted by Crippen LogP contribution is -2.51. The van der Waals surface area contributed by atoms with E-state index in [0.29, 0.717) is 5.41 Å². The van der Waals surface area contributed by atoms with E-state index in [9.17, 15) is 4.39 Å². The second kappa shape index (κ2) is 11.5. The second-order valence-corrected chi connectivity index (χ2v) is 8.28. The Hall–Kier alpha value is -0.930. The number of benzene rings is 1. The van der Waals surface area contributed by atoms with E-state index in [1.165, 1.54) is 19.3 Å². The molecule has 2 aliphatic rings. The zero-order valence-electron chi connectivity index (χ0n) is 17.6. The lowest BCUT2D eigenvalue weighted by Gasteiger charge is -2.42. The van der Waals surface area contributed by atoms with Crippen molar-refractivity contribution in [3.63, 3.8) is 0 Å². The van der Waals surface area contributed by atoms with Crippen molar-refractivity contribution in [3.05, 3.63) is 35.6 Å². The van der Waals surface area contributed by atoms with E-state index < -0.39 is 0 Å². The highest BCUT2D eigenvalue weighted by Gasteiger charge is 2.37. The SMILES string of the molecule is CN=C(NCC1(CCOC)CCC1)NCC1(c2ccc(F)cc2)CCOCC1.I. The summed E-state index contributed by atoms with van der Waals surface area (Å²) in [6, 6.07) is 6.92. The van der Waals surface area contributed by atoms with Crippen molar-refractivity contribution in [1.29, 1.82) is 0 Å². The predicted octanol–water partition coefficient (Wildman–Crippen LogP) is 3.86. The molecule has 0 aromatic heterocycles. The van der Waals surface area contributed by atoms with Gasteiger partial charge in [0, 0.05) is 52.5 Å². The average molecular weight is 519 g/mol. The van der Waals surface area contributed by atoms with Crippen molar-refractivity contribution in [3.8, 4) is 0 Å². The fourth-order valence-corrected chi connectivity index (χ4v) is 4.39. The molecule has 1 aliphatic carbocycles. The van der Waals surface area contributed by atoms with Crippen molar-refractivity contribution >= 4 is 29.9 Å². The molecule has 164 valence electrons. The molecule has 1 heterocycles. The average Bonchev–Trinajstić information content (AvgIpc) is 2.70. The molecule has 3 rings (SSSR count). The van der Waals surface area contributed by atoms with Crippen molar-refractivity contribution in [2.75, 3.05) is 47.1 Å². The number of methoxy groups -OCH3 is 1. The highest BCUT2D eigenvalue weighted by atomic mass is 127. The minimum atomic E-state index is -0.196. The molecule has 5 nitrogen and oxygen atoms in total. The summed E-state index contributed by atoms with van der Waals surface area (Å²) in [5, 5.41) is 7.06. The fraction of sp³-hybridized carbons (Fsp3) is 0.682. The van der Waals surface area contributed by atoms with Crippen LogP contribution < -0.4 is 10.6 Å². The molecule has 1 saturated heterocycles. The summed E-state index contributed by atoms with van der Waals surface area (Å²) in [4.78, 5) is 4.43. The van der Waals surface area contributed by atoms with Crippen LogP contribution in [-0.2, 0) is 14.9 Å². The van der Waals surface area contributed by atoms with Gasteiger partial charge in [-0.2, -0.15) is 0 Å². The van der Waals surface area contributed by atoms with Gasteiger partial charge in [-0.05, 0) is 55.2 Å². The van der Waals surface area contributed by atoms with Gasteiger partial charge in [0.15, 0.2) is 5.96 Å². The van der Waals surface area contributed by atoms with Gasteiger partial charge in [0.25, 0.3) is 0 Å². The van der Waals surface area contributed by atoms with Gasteiger partial charge in [0.2, 0.25) is 0 Å². The Labute approximate surface area is 191 Å². The second-order valence-electron chi connectivity index (χ2n) is 8.28. The van der Waals surface area contributed by atoms with E-state index in [1.54, 1.807) is 19.2 Å². The van der Waals surface area contributed by atoms with Gasteiger partial charge in [0.05, 0.1) is 0 Å². The van der Waals surface area contributed by atoms with Crippen molar-refractivity contribution in [2.24, 2.45) is 10.4 Å². The Bertz CT molecular complexity index is 644. The van der Waals surface area contributed by atoms with Crippen LogP contribution in [0.25, 0.3) is 0 Å². The number of nitrogens with zero attached hydrogens (tertiary/aromatic N) is 1. The molecule has 0 amide bonds. The molecule has 1 aromatic rings. The standard InChI is InChI=1S/C22H34FN3O2.HI/c1-24-20(25-16-21(8-3-9-21)10-13-27-2)26-17-22(11-14-28-15-12-22)18-4-6-19(23)7-5-18;/h4-7H,3,8-17H2,1-2H3,(H2,24,25,26);1H. The van der Waals surface area contributed by atoms with Crippen molar-refractivity contribution in [1.82, 2.24) is 10.6 Å². The van der Waals surface area contributed by atoms with Crippen LogP contribution in [0, 0.1) is 11.2 Å². The molecule has 2 N–H and O–H groups in total. The number of ether oxygens (including phenoxy) is 2. The van der Waals surface area contributed by atoms with Crippen LogP contribution in [0.2, 0.25) is 0 Å². The summed E-state index contributed by atoms with van der Waals surface area (Å²) in [6.07, 6.45) is 6.71. The van der Waals surface area contributed by atoms with Gasteiger partial charge >= 0.3 is 0 Å². The van der Waals surface area contributed by atoms with Crippen LogP contribution in [0.15, 0.2) is 29.3 Å². The Morgan fingerprint density at radius 3 is 2.31 bits per heavy atom. The maximum absolute atomic E-state index is 13.4. The molecule has 0 radical (unpaired) electrons. The van der Waals surface area contributed by atoms with Gasteiger partial charge in [-0.15, -0.1) is 24.0 Å². The molecule has 2 fully saturated rings. The van der Waals surface area contributed by atoms with E-state index in [1.807, 2.05) is 19.2 Å². The summed E-state index contributed by atoms with van der Waals surface area (Å²) in [5.74, 6) is 0.634. The molecule has 1 aliphatic heterocycles. The van der Waals surface area contributed by atoms with Gasteiger partial charge in [0.1, 0.15) is 5.82 Å². The highest BCUT2D eigenvalue weighted by Crippen LogP contribution is 2.43. The third-order valence-corrected chi connectivity index (χ3v) is 6.61. The summed E-state index contributed by atoms with van der Waals surface area (Å²) < 4.78 is 24.3. The van der Waals surface area contributed by atoms with E-state index in [2.05, 4.69) is 15.6 Å². The number of aliphatic imine (C=N–C) groups is 1. The van der Waals surface area contributed by atoms with Crippen LogP contribution in [-0.4, -0.2) is 53.0 Å². The van der Waals surface area contributed by atoms with E-state index in [0.717, 1.165) is 63.7 Å². The van der Waals surface area contributed by atoms with E-state index in [-0.39, 0.29) is 35.2 Å².